The Kier molecular flexibility index (Phi) is 5.97. The predicted molar refractivity (Wildman–Crippen MR) is 137 cm³/mol. The van der Waals surface area contributed by atoms with Crippen LogP contribution in [0.25, 0.3) is 22.1 Å². The van der Waals surface area contributed by atoms with Gasteiger partial charge in [0, 0.05) is 25.3 Å². The number of imidazole rings is 1. The highest BCUT2D eigenvalue weighted by Crippen LogP contribution is 2.31. The average molecular weight is 501 g/mol. The van der Waals surface area contributed by atoms with Crippen molar-refractivity contribution < 1.29 is 13.9 Å². The van der Waals surface area contributed by atoms with Gasteiger partial charge in [-0.15, -0.1) is 0 Å². The average Bonchev–Trinajstić information content (AvgIpc) is 3.27. The molecule has 0 aliphatic carbocycles. The summed E-state index contributed by atoms with van der Waals surface area (Å²) in [5.41, 5.74) is 4.67. The second-order valence-electron chi connectivity index (χ2n) is 8.99. The van der Waals surface area contributed by atoms with E-state index in [1.54, 1.807) is 12.5 Å². The molecule has 6 rings (SSSR count). The van der Waals surface area contributed by atoms with Crippen molar-refractivity contribution in [1.82, 2.24) is 34.8 Å². The second kappa shape index (κ2) is 9.58. The van der Waals surface area contributed by atoms with Gasteiger partial charge in [-0.3, -0.25) is 0 Å². The van der Waals surface area contributed by atoms with Gasteiger partial charge in [0.25, 0.3) is 0 Å². The Morgan fingerprint density at radius 2 is 2.00 bits per heavy atom. The van der Waals surface area contributed by atoms with Crippen molar-refractivity contribution in [1.29, 1.82) is 0 Å². The van der Waals surface area contributed by atoms with Crippen LogP contribution in [0, 0.1) is 6.92 Å². The molecule has 4 heterocycles. The molecule has 2 N–H and O–H groups in total. The summed E-state index contributed by atoms with van der Waals surface area (Å²) in [6, 6.07) is 11.7. The first-order chi connectivity index (χ1) is 18.0. The lowest BCUT2D eigenvalue weighted by Gasteiger charge is -2.26. The maximum absolute atomic E-state index is 14.2. The summed E-state index contributed by atoms with van der Waals surface area (Å²) in [5.74, 6) is 1.93. The molecular weight excluding hydrogens is 475 g/mol. The van der Waals surface area contributed by atoms with Gasteiger partial charge in [-0.2, -0.15) is 4.98 Å². The SMILES string of the molecule is Cc1cc(Nc2ncnc3cnc(O[C@H]4CNCC[C@H]4F)nc23)ccc1Oc1ccc2c(c1)ncn2C. The van der Waals surface area contributed by atoms with E-state index in [1.165, 1.54) is 6.33 Å². The Morgan fingerprint density at radius 1 is 1.08 bits per heavy atom. The van der Waals surface area contributed by atoms with E-state index in [9.17, 15) is 4.39 Å². The molecule has 10 nitrogen and oxygen atoms in total. The van der Waals surface area contributed by atoms with Crippen molar-refractivity contribution >= 4 is 33.6 Å². The second-order valence-corrected chi connectivity index (χ2v) is 8.99. The van der Waals surface area contributed by atoms with E-state index in [1.807, 2.05) is 54.9 Å². The van der Waals surface area contributed by atoms with Gasteiger partial charge in [0.1, 0.15) is 41.1 Å². The number of alkyl halides is 1. The molecule has 1 aliphatic heterocycles. The number of aromatic nitrogens is 6. The number of rotatable bonds is 6. The van der Waals surface area contributed by atoms with Gasteiger partial charge in [0.15, 0.2) is 5.82 Å². The number of aryl methyl sites for hydroxylation is 2. The Bertz CT molecular complexity index is 1590. The zero-order chi connectivity index (χ0) is 25.4. The number of ether oxygens (including phenoxy) is 2. The number of anilines is 2. The third kappa shape index (κ3) is 4.73. The largest absolute Gasteiger partial charge is 0.457 e. The molecule has 3 aromatic heterocycles. The van der Waals surface area contributed by atoms with Crippen molar-refractivity contribution in [3.05, 3.63) is 60.8 Å². The summed E-state index contributed by atoms with van der Waals surface area (Å²) >= 11 is 0. The summed E-state index contributed by atoms with van der Waals surface area (Å²) in [5, 5.41) is 6.42. The molecule has 1 aliphatic rings. The van der Waals surface area contributed by atoms with Crippen LogP contribution in [0.5, 0.6) is 17.5 Å². The molecule has 2 atom stereocenters. The molecule has 0 bridgehead atoms. The van der Waals surface area contributed by atoms with Gasteiger partial charge in [-0.25, -0.2) is 24.3 Å². The summed E-state index contributed by atoms with van der Waals surface area (Å²) in [4.78, 5) is 21.7. The number of hydrogen-bond donors (Lipinski definition) is 2. The van der Waals surface area contributed by atoms with Gasteiger partial charge < -0.3 is 24.7 Å². The predicted octanol–water partition coefficient (Wildman–Crippen LogP) is 4.23. The summed E-state index contributed by atoms with van der Waals surface area (Å²) < 4.78 is 28.0. The molecule has 0 unspecified atom stereocenters. The summed E-state index contributed by atoms with van der Waals surface area (Å²) in [6.45, 7) is 3.00. The normalized spacial score (nSPS) is 17.7. The fraction of sp³-hybridized carbons (Fsp3) is 0.269. The first kappa shape index (κ1) is 23.0. The molecule has 2 aromatic carbocycles. The minimum absolute atomic E-state index is 0.0894. The van der Waals surface area contributed by atoms with Crippen molar-refractivity contribution in [3.8, 4) is 17.5 Å². The van der Waals surface area contributed by atoms with Crippen molar-refractivity contribution in [2.45, 2.75) is 25.6 Å². The quantitative estimate of drug-likeness (QED) is 0.354. The minimum Gasteiger partial charge on any atom is -0.457 e. The molecule has 0 radical (unpaired) electrons. The van der Waals surface area contributed by atoms with Crippen LogP contribution in [-0.4, -0.2) is 54.9 Å². The molecule has 0 saturated carbocycles. The fourth-order valence-corrected chi connectivity index (χ4v) is 4.32. The van der Waals surface area contributed by atoms with Crippen LogP contribution in [0.4, 0.5) is 15.9 Å². The van der Waals surface area contributed by atoms with E-state index < -0.39 is 12.3 Å². The Labute approximate surface area is 211 Å². The molecule has 0 amide bonds. The van der Waals surface area contributed by atoms with Crippen molar-refractivity contribution in [2.24, 2.45) is 7.05 Å². The van der Waals surface area contributed by atoms with E-state index in [2.05, 4.69) is 35.6 Å². The zero-order valence-corrected chi connectivity index (χ0v) is 20.3. The van der Waals surface area contributed by atoms with Crippen LogP contribution in [0.3, 0.4) is 0 Å². The monoisotopic (exact) mass is 500 g/mol. The van der Waals surface area contributed by atoms with Crippen molar-refractivity contribution in [2.75, 3.05) is 18.4 Å². The van der Waals surface area contributed by atoms with E-state index >= 15 is 0 Å². The first-order valence-electron chi connectivity index (χ1n) is 12.0. The lowest BCUT2D eigenvalue weighted by Crippen LogP contribution is -2.45. The maximum atomic E-state index is 14.2. The van der Waals surface area contributed by atoms with E-state index in [0.717, 1.165) is 28.0 Å². The number of benzene rings is 2. The van der Waals surface area contributed by atoms with Crippen LogP contribution in [0.15, 0.2) is 55.2 Å². The zero-order valence-electron chi connectivity index (χ0n) is 20.3. The smallest absolute Gasteiger partial charge is 0.317 e. The van der Waals surface area contributed by atoms with Gasteiger partial charge in [-0.1, -0.05) is 0 Å². The van der Waals surface area contributed by atoms with Gasteiger partial charge in [0.05, 0.1) is 23.6 Å². The number of halogens is 1. The molecule has 11 heteroatoms. The third-order valence-electron chi connectivity index (χ3n) is 6.32. The summed E-state index contributed by atoms with van der Waals surface area (Å²) in [6.07, 6.45) is 3.46. The fourth-order valence-electron chi connectivity index (χ4n) is 4.32. The van der Waals surface area contributed by atoms with E-state index in [4.69, 9.17) is 9.47 Å². The standard InChI is InChI=1S/C26H25FN8O2/c1-15-9-16(3-6-22(15)36-17-4-5-21-19(10-17)32-14-35(21)2)33-25-24-20(30-13-31-25)11-29-26(34-24)37-23-12-28-8-7-18(23)27/h3-6,9-11,13-14,18,23,28H,7-8,12H2,1-2H3,(H,30,31,33)/t18-,23+/m1/s1. The molecule has 1 saturated heterocycles. The molecule has 5 aromatic rings. The Morgan fingerprint density at radius 3 is 2.86 bits per heavy atom. The molecule has 0 spiro atoms. The Hall–Kier alpha value is -4.38. The van der Waals surface area contributed by atoms with E-state index in [0.29, 0.717) is 42.1 Å². The van der Waals surface area contributed by atoms with E-state index in [-0.39, 0.29) is 6.01 Å². The van der Waals surface area contributed by atoms with Crippen LogP contribution >= 0.6 is 0 Å². The van der Waals surface area contributed by atoms with Crippen molar-refractivity contribution in [3.63, 3.8) is 0 Å². The number of piperidine rings is 1. The minimum atomic E-state index is -1.07. The third-order valence-corrected chi connectivity index (χ3v) is 6.32. The van der Waals surface area contributed by atoms with Gasteiger partial charge >= 0.3 is 6.01 Å². The molecular formula is C26H25FN8O2. The highest BCUT2D eigenvalue weighted by molar-refractivity contribution is 5.86. The number of fused-ring (bicyclic) bond motifs is 2. The van der Waals surface area contributed by atoms with Gasteiger partial charge in [0.2, 0.25) is 0 Å². The first-order valence-corrected chi connectivity index (χ1v) is 12.0. The molecule has 37 heavy (non-hydrogen) atoms. The van der Waals surface area contributed by atoms with Crippen LogP contribution < -0.4 is 20.1 Å². The Balaban J connectivity index is 1.22. The lowest BCUT2D eigenvalue weighted by molar-refractivity contribution is 0.0670. The molecule has 1 fully saturated rings. The van der Waals surface area contributed by atoms with Crippen LogP contribution in [0.2, 0.25) is 0 Å². The summed E-state index contributed by atoms with van der Waals surface area (Å²) in [7, 11) is 1.96. The van der Waals surface area contributed by atoms with Crippen LogP contribution in [-0.2, 0) is 7.05 Å². The lowest BCUT2D eigenvalue weighted by atomic mass is 10.1. The van der Waals surface area contributed by atoms with Crippen LogP contribution in [0.1, 0.15) is 12.0 Å². The maximum Gasteiger partial charge on any atom is 0.317 e. The van der Waals surface area contributed by atoms with Gasteiger partial charge in [-0.05, 0) is 55.8 Å². The topological polar surface area (TPSA) is 112 Å². The number of nitrogens with one attached hydrogen (secondary N) is 2. The highest BCUT2D eigenvalue weighted by Gasteiger charge is 2.27. The number of nitrogens with zero attached hydrogens (tertiary/aromatic N) is 6. The highest BCUT2D eigenvalue weighted by atomic mass is 19.1. The molecule has 188 valence electrons. The number of hydrogen-bond acceptors (Lipinski definition) is 9.